The lowest BCUT2D eigenvalue weighted by Crippen LogP contribution is -2.33. The molecule has 0 spiro atoms. The van der Waals surface area contributed by atoms with E-state index in [9.17, 15) is 14.0 Å². The van der Waals surface area contributed by atoms with Crippen molar-refractivity contribution < 1.29 is 9.18 Å². The Morgan fingerprint density at radius 2 is 2.09 bits per heavy atom. The van der Waals surface area contributed by atoms with Gasteiger partial charge in [-0.2, -0.15) is 4.98 Å². The number of thioether (sulfide) groups is 1. The van der Waals surface area contributed by atoms with E-state index in [4.69, 9.17) is 0 Å². The van der Waals surface area contributed by atoms with Crippen LogP contribution in [-0.2, 0) is 11.8 Å². The zero-order chi connectivity index (χ0) is 15.9. The highest BCUT2D eigenvalue weighted by atomic mass is 32.2. The minimum atomic E-state index is -0.618. The molecule has 0 saturated carbocycles. The number of rotatable bonds is 2. The second kappa shape index (κ2) is 5.57. The number of nitrogens with one attached hydrogen (secondary N) is 1. The van der Waals surface area contributed by atoms with Gasteiger partial charge in [0.2, 0.25) is 5.91 Å². The number of fused-ring (bicyclic) bond motifs is 1. The number of hydrogen-bond donors (Lipinski definition) is 1. The van der Waals surface area contributed by atoms with Gasteiger partial charge in [-0.3, -0.25) is 9.59 Å². The molecule has 7 heteroatoms. The zero-order valence-electron chi connectivity index (χ0n) is 12.1. The van der Waals surface area contributed by atoms with Crippen LogP contribution in [0.5, 0.6) is 0 Å². The van der Waals surface area contributed by atoms with Crippen molar-refractivity contribution in [1.29, 1.82) is 0 Å². The summed E-state index contributed by atoms with van der Waals surface area (Å²) in [6.45, 7) is 0. The highest BCUT2D eigenvalue weighted by molar-refractivity contribution is 7.98. The van der Waals surface area contributed by atoms with E-state index in [0.29, 0.717) is 22.1 Å². The third-order valence-electron chi connectivity index (χ3n) is 3.76. The second-order valence-electron chi connectivity index (χ2n) is 5.05. The van der Waals surface area contributed by atoms with Gasteiger partial charge in [-0.05, 0) is 17.9 Å². The smallest absolute Gasteiger partial charge is 0.279 e. The van der Waals surface area contributed by atoms with Gasteiger partial charge in [0.1, 0.15) is 11.6 Å². The molecule has 1 aliphatic rings. The van der Waals surface area contributed by atoms with Crippen LogP contribution in [0.2, 0.25) is 0 Å². The average Bonchev–Trinajstić information content (AvgIpc) is 2.50. The molecule has 22 heavy (non-hydrogen) atoms. The Bertz CT molecular complexity index is 819. The van der Waals surface area contributed by atoms with Gasteiger partial charge in [0, 0.05) is 19.4 Å². The molecular formula is C15H14FN3O2S. The second-order valence-corrected chi connectivity index (χ2v) is 5.82. The maximum atomic E-state index is 14.1. The minimum absolute atomic E-state index is 0.0312. The van der Waals surface area contributed by atoms with E-state index in [1.807, 2.05) is 0 Å². The monoisotopic (exact) mass is 319 g/mol. The first-order chi connectivity index (χ1) is 10.5. The summed E-state index contributed by atoms with van der Waals surface area (Å²) < 4.78 is 15.8. The number of carbonyl (C=O) groups excluding carboxylic acids is 1. The Morgan fingerprint density at radius 3 is 2.77 bits per heavy atom. The fourth-order valence-corrected chi connectivity index (χ4v) is 3.28. The number of amides is 1. The van der Waals surface area contributed by atoms with Crippen LogP contribution < -0.4 is 10.9 Å². The van der Waals surface area contributed by atoms with Crippen LogP contribution in [0.4, 0.5) is 10.2 Å². The molecular weight excluding hydrogens is 305 g/mol. The van der Waals surface area contributed by atoms with Gasteiger partial charge < -0.3 is 9.88 Å². The molecule has 0 aliphatic carbocycles. The summed E-state index contributed by atoms with van der Waals surface area (Å²) in [6, 6.07) is 6.20. The molecule has 1 amide bonds. The fourth-order valence-electron chi connectivity index (χ4n) is 2.74. The number of benzene rings is 1. The summed E-state index contributed by atoms with van der Waals surface area (Å²) in [7, 11) is 1.72. The van der Waals surface area contributed by atoms with Gasteiger partial charge >= 0.3 is 0 Å². The van der Waals surface area contributed by atoms with E-state index in [1.165, 1.54) is 17.8 Å². The van der Waals surface area contributed by atoms with E-state index in [0.717, 1.165) is 0 Å². The quantitative estimate of drug-likeness (QED) is 0.680. The van der Waals surface area contributed by atoms with Gasteiger partial charge in [-0.25, -0.2) is 4.39 Å². The average molecular weight is 319 g/mol. The van der Waals surface area contributed by atoms with Crippen LogP contribution in [0.1, 0.15) is 23.5 Å². The lowest BCUT2D eigenvalue weighted by atomic mass is 9.86. The molecule has 5 nitrogen and oxygen atoms in total. The maximum Gasteiger partial charge on any atom is 0.279 e. The summed E-state index contributed by atoms with van der Waals surface area (Å²) in [5.41, 5.74) is 0.255. The first-order valence-electron chi connectivity index (χ1n) is 6.72. The van der Waals surface area contributed by atoms with Crippen LogP contribution in [0, 0.1) is 5.82 Å². The lowest BCUT2D eigenvalue weighted by Gasteiger charge is -2.27. The fraction of sp³-hybridized carbons (Fsp3) is 0.267. The molecule has 1 N–H and O–H groups in total. The van der Waals surface area contributed by atoms with E-state index < -0.39 is 17.3 Å². The van der Waals surface area contributed by atoms with Crippen molar-refractivity contribution in [1.82, 2.24) is 9.55 Å². The number of carbonyl (C=O) groups is 1. The van der Waals surface area contributed by atoms with Crippen molar-refractivity contribution in [2.75, 3.05) is 11.6 Å². The first kappa shape index (κ1) is 14.8. The number of hydrogen-bond acceptors (Lipinski definition) is 4. The van der Waals surface area contributed by atoms with Crippen LogP contribution in [-0.4, -0.2) is 21.7 Å². The molecule has 3 rings (SSSR count). The molecule has 1 unspecified atom stereocenters. The zero-order valence-corrected chi connectivity index (χ0v) is 12.9. The van der Waals surface area contributed by atoms with Gasteiger partial charge in [0.25, 0.3) is 5.56 Å². The third kappa shape index (κ3) is 2.31. The molecule has 1 aromatic carbocycles. The van der Waals surface area contributed by atoms with E-state index in [1.54, 1.807) is 36.1 Å². The highest BCUT2D eigenvalue weighted by Gasteiger charge is 2.33. The molecule has 1 aromatic heterocycles. The molecule has 114 valence electrons. The molecule has 0 saturated heterocycles. The summed E-state index contributed by atoms with van der Waals surface area (Å²) in [4.78, 5) is 28.4. The molecule has 1 aliphatic heterocycles. The van der Waals surface area contributed by atoms with Gasteiger partial charge in [-0.1, -0.05) is 30.0 Å². The van der Waals surface area contributed by atoms with Crippen molar-refractivity contribution in [3.8, 4) is 0 Å². The Labute approximate surface area is 130 Å². The van der Waals surface area contributed by atoms with E-state index in [-0.39, 0.29) is 12.3 Å². The Morgan fingerprint density at radius 1 is 1.36 bits per heavy atom. The normalized spacial score (nSPS) is 17.0. The standard InChI is InChI=1S/C15H14FN3O2S/c1-19-13-12(14(21)18-15(19)22-2)9(7-11(20)17-13)8-5-3-4-6-10(8)16/h3-6,9H,7H2,1-2H3,(H,17,20). The van der Waals surface area contributed by atoms with Gasteiger partial charge in [-0.15, -0.1) is 0 Å². The predicted octanol–water partition coefficient (Wildman–Crippen LogP) is 2.12. The minimum Gasteiger partial charge on any atom is -0.312 e. The molecule has 2 heterocycles. The summed E-state index contributed by atoms with van der Waals surface area (Å²) in [5.74, 6) is -0.890. The summed E-state index contributed by atoms with van der Waals surface area (Å²) in [6.07, 6.45) is 1.83. The van der Waals surface area contributed by atoms with Crippen molar-refractivity contribution in [3.63, 3.8) is 0 Å². The van der Waals surface area contributed by atoms with Gasteiger partial charge in [0.05, 0.1) is 5.56 Å². The first-order valence-corrected chi connectivity index (χ1v) is 7.94. The van der Waals surface area contributed by atoms with Gasteiger partial charge in [0.15, 0.2) is 5.16 Å². The lowest BCUT2D eigenvalue weighted by molar-refractivity contribution is -0.116. The number of nitrogens with zero attached hydrogens (tertiary/aromatic N) is 2. The third-order valence-corrected chi connectivity index (χ3v) is 4.49. The van der Waals surface area contributed by atoms with Crippen molar-refractivity contribution in [2.24, 2.45) is 7.05 Å². The Kier molecular flexibility index (Phi) is 3.74. The molecule has 0 radical (unpaired) electrons. The number of anilines is 1. The van der Waals surface area contributed by atoms with Crippen LogP contribution in [0.3, 0.4) is 0 Å². The largest absolute Gasteiger partial charge is 0.312 e. The van der Waals surface area contributed by atoms with Crippen LogP contribution in [0.15, 0.2) is 34.2 Å². The Hall–Kier alpha value is -2.15. The molecule has 0 bridgehead atoms. The molecule has 1 atom stereocenters. The highest BCUT2D eigenvalue weighted by Crippen LogP contribution is 2.36. The topological polar surface area (TPSA) is 64.0 Å². The van der Waals surface area contributed by atoms with Crippen molar-refractivity contribution >= 4 is 23.5 Å². The molecule has 0 fully saturated rings. The van der Waals surface area contributed by atoms with E-state index >= 15 is 0 Å². The van der Waals surface area contributed by atoms with Crippen molar-refractivity contribution in [2.45, 2.75) is 17.5 Å². The molecule has 2 aromatic rings. The Balaban J connectivity index is 2.27. The maximum absolute atomic E-state index is 14.1. The van der Waals surface area contributed by atoms with Crippen molar-refractivity contribution in [3.05, 3.63) is 51.6 Å². The summed E-state index contributed by atoms with van der Waals surface area (Å²) in [5, 5.41) is 3.21. The summed E-state index contributed by atoms with van der Waals surface area (Å²) >= 11 is 1.31. The SMILES string of the molecule is CSc1nc(=O)c2c(n1C)NC(=O)CC2c1ccccc1F. The number of aromatic nitrogens is 2. The van der Waals surface area contributed by atoms with Crippen LogP contribution >= 0.6 is 11.8 Å². The van der Waals surface area contributed by atoms with E-state index in [2.05, 4.69) is 10.3 Å². The van der Waals surface area contributed by atoms with Crippen LogP contribution in [0.25, 0.3) is 0 Å². The number of halogens is 1. The predicted molar refractivity (Wildman–Crippen MR) is 82.7 cm³/mol.